The Hall–Kier alpha value is -4.87. The molecule has 4 N–H and O–H groups in total. The summed E-state index contributed by atoms with van der Waals surface area (Å²) in [5.41, 5.74) is 1.92. The molecule has 0 bridgehead atoms. The predicted molar refractivity (Wildman–Crippen MR) is 241 cm³/mol. The molecule has 8 aromatic rings. The van der Waals surface area contributed by atoms with Crippen molar-refractivity contribution in [2.75, 3.05) is 57.2 Å². The molecule has 0 spiro atoms. The molecule has 0 atom stereocenters. The molecule has 0 saturated carbocycles. The van der Waals surface area contributed by atoms with Gasteiger partial charge in [-0.1, -0.05) is 36.4 Å². The molecule has 2 aliphatic heterocycles. The fourth-order valence-corrected chi connectivity index (χ4v) is 9.35. The van der Waals surface area contributed by atoms with Gasteiger partial charge in [0.1, 0.15) is 20.2 Å². The zero-order chi connectivity index (χ0) is 44.0. The van der Waals surface area contributed by atoms with Crippen LogP contribution in [-0.4, -0.2) is 82.0 Å². The largest absolute Gasteiger partial charge is 1.00 e. The summed E-state index contributed by atoms with van der Waals surface area (Å²) in [6, 6.07) is 33.0. The summed E-state index contributed by atoms with van der Waals surface area (Å²) < 4.78 is 72.6. The summed E-state index contributed by atoms with van der Waals surface area (Å²) in [4.78, 5) is 31.7. The van der Waals surface area contributed by atoms with E-state index >= 15 is 0 Å². The molecule has 324 valence electrons. The van der Waals surface area contributed by atoms with Gasteiger partial charge in [-0.25, -0.2) is 16.8 Å². The molecule has 0 amide bonds. The van der Waals surface area contributed by atoms with Gasteiger partial charge in [0.25, 0.3) is 0 Å². The van der Waals surface area contributed by atoms with Gasteiger partial charge in [-0.05, 0) is 49.6 Å². The molecule has 10 rings (SSSR count). The third kappa shape index (κ3) is 11.4. The second-order valence-electron chi connectivity index (χ2n) is 15.3. The molecule has 24 heteroatoms. The number of aromatic nitrogens is 6. The van der Waals surface area contributed by atoms with Crippen LogP contribution in [-0.2, 0) is 20.2 Å². The zero-order valence-electron chi connectivity index (χ0n) is 37.7. The third-order valence-corrected chi connectivity index (χ3v) is 12.8. The summed E-state index contributed by atoms with van der Waals surface area (Å²) >= 11 is 0. The van der Waals surface area contributed by atoms with Crippen molar-refractivity contribution in [3.8, 4) is 0 Å². The Morgan fingerprint density at radius 1 is 0.515 bits per heavy atom. The molecule has 2 saturated heterocycles. The van der Waals surface area contributed by atoms with Crippen LogP contribution in [0.3, 0.4) is 0 Å². The average molecular weight is 921 g/mol. The average Bonchev–Trinajstić information content (AvgIpc) is 4.03. The molecule has 2 fully saturated rings. The number of nitrogens with one attached hydrogen (secondary N) is 4. The van der Waals surface area contributed by atoms with Crippen molar-refractivity contribution in [3.63, 3.8) is 0 Å². The minimum atomic E-state index is -4.92. The van der Waals surface area contributed by atoms with E-state index in [1.807, 2.05) is 41.3 Å². The van der Waals surface area contributed by atoms with Gasteiger partial charge in [0.2, 0.25) is 35.7 Å². The van der Waals surface area contributed by atoms with Gasteiger partial charge in [0, 0.05) is 53.2 Å². The zero-order valence-corrected chi connectivity index (χ0v) is 39.4. The number of rotatable bonds is 12. The maximum Gasteiger partial charge on any atom is 1.00 e. The molecule has 0 radical (unpaired) electrons. The first-order valence-electron chi connectivity index (χ1n) is 20.3. The third-order valence-electron chi connectivity index (χ3n) is 11.0. The van der Waals surface area contributed by atoms with Crippen LogP contribution < -0.4 is 107 Å². The second kappa shape index (κ2) is 21.8. The molecular weight excluding hydrogens is 884 g/mol. The Morgan fingerprint density at radius 2 is 1.01 bits per heavy atom. The summed E-state index contributed by atoms with van der Waals surface area (Å²) in [5.74, 6) is 1.66. The van der Waals surface area contributed by atoms with E-state index in [0.29, 0.717) is 45.1 Å². The molecule has 18 nitrogen and oxygen atoms in total. The van der Waals surface area contributed by atoms with Crippen molar-refractivity contribution in [2.45, 2.75) is 35.5 Å². The number of fused-ring (bicyclic) bond motifs is 3. The molecule has 68 heavy (non-hydrogen) atoms. The maximum absolute atomic E-state index is 12.6. The van der Waals surface area contributed by atoms with Crippen LogP contribution >= 0.6 is 0 Å². The van der Waals surface area contributed by atoms with E-state index < -0.39 is 25.1 Å². The van der Waals surface area contributed by atoms with E-state index in [1.54, 1.807) is 30.3 Å². The van der Waals surface area contributed by atoms with Crippen LogP contribution in [0.4, 0.5) is 58.4 Å². The second-order valence-corrected chi connectivity index (χ2v) is 18.0. The van der Waals surface area contributed by atoms with Crippen LogP contribution in [0.25, 0.3) is 32.3 Å². The van der Waals surface area contributed by atoms with Crippen LogP contribution in [0.15, 0.2) is 107 Å². The van der Waals surface area contributed by atoms with Crippen molar-refractivity contribution in [1.29, 1.82) is 0 Å². The first-order valence-corrected chi connectivity index (χ1v) is 23.2. The van der Waals surface area contributed by atoms with E-state index in [0.717, 1.165) is 62.6 Å². The first-order chi connectivity index (χ1) is 30.9. The van der Waals surface area contributed by atoms with Crippen molar-refractivity contribution in [3.05, 3.63) is 109 Å². The Labute approximate surface area is 440 Å². The summed E-state index contributed by atoms with van der Waals surface area (Å²) in [5, 5.41) is 16.5. The number of anilines is 10. The standard InChI is InChI=1S/C44H38N12O6S2.4Li/c57-63(58,59)31-17-14-28-25-30(16-13-29(28)26-31)45-39-49-40(52-43(51-39)55-21-5-6-22-55)46-35-19-20-36(34-12-4-3-11-33(34)35)47-41-50-42(54-44(53-41)56-23-7-8-24-56)48-37-18-15-27-9-1-2-10-32(27)38(37)64(60,61)62;;;;/h2-4,9-20,26H,5-8,21-24H2,(H,57,58,59)(H,60,61,62)(H2,45,46,49,51,52)(H2,47,48,50,53,54);;;;/q-2;4*+1/p-2. The molecule has 2 aliphatic rings. The number of hydrogen-bond donors (Lipinski definition) is 4. The van der Waals surface area contributed by atoms with E-state index in [-0.39, 0.29) is 115 Å². The quantitative estimate of drug-likeness (QED) is 0.0510. The predicted octanol–water partition coefficient (Wildman–Crippen LogP) is -4.88. The van der Waals surface area contributed by atoms with Gasteiger partial charge in [-0.2, -0.15) is 54.2 Å². The minimum Gasteiger partial charge on any atom is -0.744 e. The summed E-state index contributed by atoms with van der Waals surface area (Å²) in [7, 11) is -9.54. The number of nitrogens with zero attached hydrogens (tertiary/aromatic N) is 8. The van der Waals surface area contributed by atoms with Crippen LogP contribution in [0.5, 0.6) is 0 Å². The molecule has 2 aromatic heterocycles. The monoisotopic (exact) mass is 920 g/mol. The van der Waals surface area contributed by atoms with Gasteiger partial charge < -0.3 is 40.2 Å². The van der Waals surface area contributed by atoms with E-state index in [9.17, 15) is 25.9 Å². The van der Waals surface area contributed by atoms with Crippen LogP contribution in [0.1, 0.15) is 25.7 Å². The van der Waals surface area contributed by atoms with Gasteiger partial charge in [0.15, 0.2) is 0 Å². The molecule has 4 heterocycles. The first kappa shape index (κ1) is 52.5. The van der Waals surface area contributed by atoms with E-state index in [4.69, 9.17) is 19.9 Å². The van der Waals surface area contributed by atoms with Crippen molar-refractivity contribution in [2.24, 2.45) is 0 Å². The van der Waals surface area contributed by atoms with Gasteiger partial charge in [0.05, 0.1) is 10.6 Å². The van der Waals surface area contributed by atoms with Crippen LogP contribution in [0, 0.1) is 12.1 Å². The molecular formula is C44H36Li4N12O6S2. The number of hydrogen-bond acceptors (Lipinski definition) is 18. The van der Waals surface area contributed by atoms with Crippen molar-refractivity contribution >= 4 is 111 Å². The van der Waals surface area contributed by atoms with E-state index in [2.05, 4.69) is 48.3 Å². The maximum atomic E-state index is 12.6. The smallest absolute Gasteiger partial charge is 0.744 e. The Balaban J connectivity index is 0.00000190. The summed E-state index contributed by atoms with van der Waals surface area (Å²) in [6.45, 7) is 3.03. The van der Waals surface area contributed by atoms with Gasteiger partial charge >= 0.3 is 75.4 Å². The molecule has 0 unspecified atom stereocenters. The normalized spacial score (nSPS) is 13.6. The fraction of sp³-hybridized carbons (Fsp3) is 0.182. The van der Waals surface area contributed by atoms with Crippen molar-refractivity contribution in [1.82, 2.24) is 29.9 Å². The summed E-state index contributed by atoms with van der Waals surface area (Å²) in [6.07, 6.45) is 3.91. The van der Waals surface area contributed by atoms with E-state index in [1.165, 1.54) is 30.3 Å². The molecule has 6 aromatic carbocycles. The Morgan fingerprint density at radius 3 is 1.54 bits per heavy atom. The Kier molecular flexibility index (Phi) is 16.9. The van der Waals surface area contributed by atoms with Gasteiger partial charge in [-0.3, -0.25) is 0 Å². The van der Waals surface area contributed by atoms with Gasteiger partial charge in [-0.15, -0.1) is 51.9 Å². The molecule has 0 aliphatic carbocycles. The minimum absolute atomic E-state index is 0. The topological polar surface area (TPSA) is 246 Å². The van der Waals surface area contributed by atoms with Crippen molar-refractivity contribution < 1.29 is 101 Å². The van der Waals surface area contributed by atoms with Crippen LogP contribution in [0.2, 0.25) is 0 Å². The number of benzene rings is 6. The Bertz CT molecular complexity index is 3370. The SMILES string of the molecule is O=S(=O)([O-])c1ccc2[c-]c(Nc3nc(Nc4ccc(Nc5nc(Nc6ccc7c[c-]ccc7c6S(=O)(=O)[O-])nc(N6CCCC6)n5)c5ccccc45)nc(N4CCCC4)n3)ccc2c1.[Li+].[Li+].[Li+].[Li+]. The fourth-order valence-electron chi connectivity index (χ4n) is 8.00.